The number of amides is 1. The van der Waals surface area contributed by atoms with E-state index in [2.05, 4.69) is 10.3 Å². The van der Waals surface area contributed by atoms with Crippen molar-refractivity contribution >= 4 is 11.7 Å². The summed E-state index contributed by atoms with van der Waals surface area (Å²) in [6, 6.07) is 5.30. The van der Waals surface area contributed by atoms with Crippen LogP contribution in [0.4, 0.5) is 5.82 Å². The van der Waals surface area contributed by atoms with E-state index in [4.69, 9.17) is 5.11 Å². The Balaban J connectivity index is 2.69. The summed E-state index contributed by atoms with van der Waals surface area (Å²) in [6.45, 7) is 3.24. The molecule has 0 fully saturated rings. The van der Waals surface area contributed by atoms with Crippen LogP contribution in [-0.4, -0.2) is 22.1 Å². The van der Waals surface area contributed by atoms with Gasteiger partial charge >= 0.3 is 0 Å². The molecule has 0 saturated heterocycles. The third-order valence-corrected chi connectivity index (χ3v) is 1.52. The molecular weight excluding hydrogens is 168 g/mol. The first-order chi connectivity index (χ1) is 6.09. The zero-order valence-electron chi connectivity index (χ0n) is 7.61. The summed E-state index contributed by atoms with van der Waals surface area (Å²) < 4.78 is 0. The Bertz CT molecular complexity index is 310. The molecule has 13 heavy (non-hydrogen) atoms. The van der Waals surface area contributed by atoms with Crippen LogP contribution in [0.25, 0.3) is 0 Å². The lowest BCUT2D eigenvalue weighted by Gasteiger charge is -2.06. The second-order valence-corrected chi connectivity index (χ2v) is 2.83. The molecule has 70 valence electrons. The number of anilines is 1. The third kappa shape index (κ3) is 2.83. The monoisotopic (exact) mass is 180 g/mol. The lowest BCUT2D eigenvalue weighted by atomic mass is 10.3. The number of nitrogens with one attached hydrogen (secondary N) is 1. The average molecular weight is 180 g/mol. The lowest BCUT2D eigenvalue weighted by molar-refractivity contribution is -0.123. The second kappa shape index (κ2) is 4.00. The molecule has 1 rings (SSSR count). The second-order valence-electron chi connectivity index (χ2n) is 2.83. The summed E-state index contributed by atoms with van der Waals surface area (Å²) in [5.74, 6) is 0.0176. The maximum atomic E-state index is 11.0. The summed E-state index contributed by atoms with van der Waals surface area (Å²) in [6.07, 6.45) is -1.01. The maximum Gasteiger partial charge on any atom is 0.254 e. The molecule has 4 heteroatoms. The first kappa shape index (κ1) is 9.67. The number of aromatic nitrogens is 1. The molecule has 0 radical (unpaired) electrons. The minimum Gasteiger partial charge on any atom is -0.384 e. The number of nitrogens with zero attached hydrogens (tertiary/aromatic N) is 1. The summed E-state index contributed by atoms with van der Waals surface area (Å²) in [5.41, 5.74) is 0.823. The van der Waals surface area contributed by atoms with Crippen molar-refractivity contribution in [3.63, 3.8) is 0 Å². The Morgan fingerprint density at radius 1 is 1.62 bits per heavy atom. The third-order valence-electron chi connectivity index (χ3n) is 1.52. The molecule has 1 atom stereocenters. The maximum absolute atomic E-state index is 11.0. The van der Waals surface area contributed by atoms with Crippen molar-refractivity contribution in [2.75, 3.05) is 5.32 Å². The van der Waals surface area contributed by atoms with Gasteiger partial charge in [0.05, 0.1) is 0 Å². The molecule has 0 aliphatic rings. The van der Waals surface area contributed by atoms with Crippen LogP contribution in [0, 0.1) is 6.92 Å². The molecule has 1 aromatic heterocycles. The van der Waals surface area contributed by atoms with E-state index in [0.29, 0.717) is 5.82 Å². The molecule has 1 aromatic rings. The number of pyridine rings is 1. The quantitative estimate of drug-likeness (QED) is 0.704. The van der Waals surface area contributed by atoms with E-state index in [1.807, 2.05) is 13.0 Å². The minimum atomic E-state index is -1.01. The molecule has 1 heterocycles. The fourth-order valence-corrected chi connectivity index (χ4v) is 0.843. The molecule has 0 aliphatic carbocycles. The van der Waals surface area contributed by atoms with E-state index >= 15 is 0 Å². The Kier molecular flexibility index (Phi) is 2.97. The predicted molar refractivity (Wildman–Crippen MR) is 49.3 cm³/mol. The highest BCUT2D eigenvalue weighted by atomic mass is 16.3. The normalized spacial score (nSPS) is 12.2. The van der Waals surface area contributed by atoms with Crippen LogP contribution in [0.5, 0.6) is 0 Å². The van der Waals surface area contributed by atoms with Crippen molar-refractivity contribution in [2.24, 2.45) is 0 Å². The van der Waals surface area contributed by atoms with Gasteiger partial charge in [-0.25, -0.2) is 4.98 Å². The van der Waals surface area contributed by atoms with E-state index in [1.165, 1.54) is 6.92 Å². The number of hydrogen-bond donors (Lipinski definition) is 2. The van der Waals surface area contributed by atoms with Crippen LogP contribution in [-0.2, 0) is 4.79 Å². The zero-order chi connectivity index (χ0) is 9.84. The van der Waals surface area contributed by atoms with Gasteiger partial charge in [-0.05, 0) is 26.0 Å². The number of aliphatic hydroxyl groups is 1. The van der Waals surface area contributed by atoms with Crippen molar-refractivity contribution in [3.8, 4) is 0 Å². The molecule has 0 unspecified atom stereocenters. The van der Waals surface area contributed by atoms with Gasteiger partial charge in [-0.15, -0.1) is 0 Å². The van der Waals surface area contributed by atoms with E-state index in [-0.39, 0.29) is 0 Å². The van der Waals surface area contributed by atoms with Crippen molar-refractivity contribution in [1.82, 2.24) is 4.98 Å². The molecule has 1 amide bonds. The summed E-state index contributed by atoms with van der Waals surface area (Å²) in [5, 5.41) is 11.4. The van der Waals surface area contributed by atoms with Crippen molar-refractivity contribution in [3.05, 3.63) is 23.9 Å². The highest BCUT2D eigenvalue weighted by molar-refractivity contribution is 5.92. The van der Waals surface area contributed by atoms with Crippen LogP contribution in [0.3, 0.4) is 0 Å². The van der Waals surface area contributed by atoms with E-state index in [0.717, 1.165) is 5.69 Å². The fraction of sp³-hybridized carbons (Fsp3) is 0.333. The topological polar surface area (TPSA) is 62.2 Å². The van der Waals surface area contributed by atoms with Gasteiger partial charge < -0.3 is 10.4 Å². The van der Waals surface area contributed by atoms with Crippen LogP contribution < -0.4 is 5.32 Å². The van der Waals surface area contributed by atoms with Crippen LogP contribution in [0.1, 0.15) is 12.6 Å². The standard InChI is InChI=1S/C9H12N2O2/c1-6-4-3-5-8(10-6)11-9(13)7(2)12/h3-5,7,12H,1-2H3,(H,10,11,13)/t7-/m0/s1. The van der Waals surface area contributed by atoms with Gasteiger partial charge in [0.25, 0.3) is 5.91 Å². The average Bonchev–Trinajstić information content (AvgIpc) is 2.04. The zero-order valence-corrected chi connectivity index (χ0v) is 7.61. The molecule has 0 bridgehead atoms. The number of aryl methyl sites for hydroxylation is 1. The van der Waals surface area contributed by atoms with Gasteiger partial charge in [0.2, 0.25) is 0 Å². The van der Waals surface area contributed by atoms with Crippen LogP contribution in [0.15, 0.2) is 18.2 Å². The van der Waals surface area contributed by atoms with Crippen molar-refractivity contribution in [2.45, 2.75) is 20.0 Å². The highest BCUT2D eigenvalue weighted by Crippen LogP contribution is 2.03. The largest absolute Gasteiger partial charge is 0.384 e. The predicted octanol–water partition coefficient (Wildman–Crippen LogP) is 0.709. The summed E-state index contributed by atoms with van der Waals surface area (Å²) in [4.78, 5) is 15.1. The Morgan fingerprint density at radius 3 is 2.85 bits per heavy atom. The van der Waals surface area contributed by atoms with Gasteiger partial charge in [-0.1, -0.05) is 6.07 Å². The molecule has 2 N–H and O–H groups in total. The number of aliphatic hydroxyl groups excluding tert-OH is 1. The highest BCUT2D eigenvalue weighted by Gasteiger charge is 2.08. The summed E-state index contributed by atoms with van der Waals surface area (Å²) in [7, 11) is 0. The van der Waals surface area contributed by atoms with Gasteiger partial charge in [-0.3, -0.25) is 4.79 Å². The van der Waals surface area contributed by atoms with Gasteiger partial charge in [0, 0.05) is 5.69 Å². The number of hydrogen-bond acceptors (Lipinski definition) is 3. The van der Waals surface area contributed by atoms with E-state index in [9.17, 15) is 4.79 Å². The smallest absolute Gasteiger partial charge is 0.254 e. The summed E-state index contributed by atoms with van der Waals surface area (Å²) >= 11 is 0. The minimum absolute atomic E-state index is 0.446. The molecule has 0 aliphatic heterocycles. The van der Waals surface area contributed by atoms with Crippen molar-refractivity contribution in [1.29, 1.82) is 0 Å². The first-order valence-electron chi connectivity index (χ1n) is 4.02. The Labute approximate surface area is 76.6 Å². The number of carbonyl (C=O) groups is 1. The van der Waals surface area contributed by atoms with Crippen LogP contribution in [0.2, 0.25) is 0 Å². The molecule has 4 nitrogen and oxygen atoms in total. The van der Waals surface area contributed by atoms with Gasteiger partial charge in [-0.2, -0.15) is 0 Å². The number of carbonyl (C=O) groups excluding carboxylic acids is 1. The Morgan fingerprint density at radius 2 is 2.31 bits per heavy atom. The molecule has 0 aromatic carbocycles. The first-order valence-corrected chi connectivity index (χ1v) is 4.02. The van der Waals surface area contributed by atoms with Crippen molar-refractivity contribution < 1.29 is 9.90 Å². The lowest BCUT2D eigenvalue weighted by Crippen LogP contribution is -2.24. The molecule has 0 spiro atoms. The SMILES string of the molecule is Cc1cccc(NC(=O)[C@H](C)O)n1. The van der Waals surface area contributed by atoms with E-state index < -0.39 is 12.0 Å². The van der Waals surface area contributed by atoms with Gasteiger partial charge in [0.15, 0.2) is 0 Å². The number of rotatable bonds is 2. The molecule has 0 saturated carbocycles. The molecular formula is C9H12N2O2. The Hall–Kier alpha value is -1.42. The van der Waals surface area contributed by atoms with Crippen LogP contribution >= 0.6 is 0 Å². The van der Waals surface area contributed by atoms with Gasteiger partial charge in [0.1, 0.15) is 11.9 Å². The fourth-order valence-electron chi connectivity index (χ4n) is 0.843. The van der Waals surface area contributed by atoms with E-state index in [1.54, 1.807) is 12.1 Å².